The van der Waals surface area contributed by atoms with Gasteiger partial charge in [0.25, 0.3) is 0 Å². The Kier molecular flexibility index (Phi) is 4.93. The van der Waals surface area contributed by atoms with Crippen molar-refractivity contribution in [3.05, 3.63) is 35.4 Å². The molecule has 1 aromatic rings. The lowest BCUT2D eigenvalue weighted by Crippen LogP contribution is -2.40. The first-order chi connectivity index (χ1) is 9.22. The van der Waals surface area contributed by atoms with E-state index in [9.17, 15) is 4.79 Å². The van der Waals surface area contributed by atoms with Crippen LogP contribution in [0.1, 0.15) is 37.0 Å². The Balaban J connectivity index is 1.98. The minimum atomic E-state index is -0.856. The first kappa shape index (κ1) is 14.0. The van der Waals surface area contributed by atoms with Gasteiger partial charge in [-0.3, -0.25) is 4.79 Å². The summed E-state index contributed by atoms with van der Waals surface area (Å²) >= 11 is 0. The van der Waals surface area contributed by atoms with Gasteiger partial charge < -0.3 is 15.2 Å². The van der Waals surface area contributed by atoms with E-state index in [1.807, 2.05) is 19.1 Å². The number of likely N-dealkylation sites (N-methyl/N-ethyl adjacent to an activating group) is 1. The Labute approximate surface area is 113 Å². The number of aliphatic carboxylic acids is 1. The summed E-state index contributed by atoms with van der Waals surface area (Å²) < 4.78 is 5.84. The van der Waals surface area contributed by atoms with E-state index < -0.39 is 12.0 Å². The zero-order chi connectivity index (χ0) is 13.7. The van der Waals surface area contributed by atoms with Gasteiger partial charge in [0.2, 0.25) is 0 Å². The molecule has 2 rings (SSSR count). The Hall–Kier alpha value is -1.39. The highest BCUT2D eigenvalue weighted by atomic mass is 16.5. The average molecular weight is 263 g/mol. The Bertz CT molecular complexity index is 433. The fraction of sp³-hybridized carbons (Fsp3) is 0.533. The fourth-order valence-electron chi connectivity index (χ4n) is 2.56. The van der Waals surface area contributed by atoms with E-state index in [1.54, 1.807) is 0 Å². The quantitative estimate of drug-likeness (QED) is 0.825. The van der Waals surface area contributed by atoms with E-state index in [0.29, 0.717) is 6.54 Å². The van der Waals surface area contributed by atoms with Crippen LogP contribution < -0.4 is 5.32 Å². The predicted molar refractivity (Wildman–Crippen MR) is 73.2 cm³/mol. The van der Waals surface area contributed by atoms with E-state index >= 15 is 0 Å². The summed E-state index contributed by atoms with van der Waals surface area (Å²) in [6.45, 7) is 2.73. The number of hydrogen-bond acceptors (Lipinski definition) is 3. The van der Waals surface area contributed by atoms with Gasteiger partial charge in [0.05, 0.1) is 12.7 Å². The number of benzene rings is 1. The van der Waals surface area contributed by atoms with E-state index in [-0.39, 0.29) is 12.7 Å². The number of carboxylic acids is 1. The van der Waals surface area contributed by atoms with Crippen molar-refractivity contribution < 1.29 is 14.6 Å². The second-order valence-corrected chi connectivity index (χ2v) is 4.86. The van der Waals surface area contributed by atoms with Crippen LogP contribution in [-0.4, -0.2) is 30.3 Å². The molecule has 0 fully saturated rings. The monoisotopic (exact) mass is 263 g/mol. The number of carboxylic acid groups (broad SMARTS) is 1. The van der Waals surface area contributed by atoms with Crippen LogP contribution in [0.25, 0.3) is 0 Å². The summed E-state index contributed by atoms with van der Waals surface area (Å²) in [7, 11) is 0. The molecule has 19 heavy (non-hydrogen) atoms. The lowest BCUT2D eigenvalue weighted by molar-refractivity contribution is -0.142. The maximum absolute atomic E-state index is 11.1. The summed E-state index contributed by atoms with van der Waals surface area (Å²) in [4.78, 5) is 11.1. The smallest absolute Gasteiger partial charge is 0.323 e. The highest BCUT2D eigenvalue weighted by molar-refractivity contribution is 5.73. The molecule has 0 heterocycles. The van der Waals surface area contributed by atoms with Crippen molar-refractivity contribution in [2.75, 3.05) is 13.2 Å². The summed E-state index contributed by atoms with van der Waals surface area (Å²) in [5.41, 5.74) is 2.54. The summed E-state index contributed by atoms with van der Waals surface area (Å²) in [5.74, 6) is -0.856. The molecule has 4 nitrogen and oxygen atoms in total. The first-order valence-corrected chi connectivity index (χ1v) is 6.88. The number of aryl methyl sites for hydroxylation is 1. The number of carbonyl (C=O) groups is 1. The third-order valence-electron chi connectivity index (χ3n) is 3.53. The van der Waals surface area contributed by atoms with Gasteiger partial charge in [0.15, 0.2) is 0 Å². The molecule has 0 saturated carbocycles. The highest BCUT2D eigenvalue weighted by Crippen LogP contribution is 2.32. The zero-order valence-electron chi connectivity index (χ0n) is 11.3. The average Bonchev–Trinajstić information content (AvgIpc) is 2.43. The Morgan fingerprint density at radius 2 is 2.32 bits per heavy atom. The van der Waals surface area contributed by atoms with Gasteiger partial charge in [0.1, 0.15) is 6.04 Å². The Morgan fingerprint density at radius 3 is 3.05 bits per heavy atom. The van der Waals surface area contributed by atoms with E-state index in [0.717, 1.165) is 19.3 Å². The van der Waals surface area contributed by atoms with Crippen molar-refractivity contribution in [2.24, 2.45) is 0 Å². The molecule has 2 atom stereocenters. The van der Waals surface area contributed by atoms with Crippen LogP contribution in [-0.2, 0) is 16.0 Å². The van der Waals surface area contributed by atoms with Crippen LogP contribution in [0.5, 0.6) is 0 Å². The van der Waals surface area contributed by atoms with Crippen molar-refractivity contribution in [1.82, 2.24) is 5.32 Å². The van der Waals surface area contributed by atoms with Gasteiger partial charge in [-0.05, 0) is 36.9 Å². The SMILES string of the molecule is CCNC(COC1CCCc2ccccc21)C(=O)O. The molecule has 2 N–H and O–H groups in total. The molecule has 2 unspecified atom stereocenters. The molecular weight excluding hydrogens is 242 g/mol. The van der Waals surface area contributed by atoms with Gasteiger partial charge >= 0.3 is 5.97 Å². The fourth-order valence-corrected chi connectivity index (χ4v) is 2.56. The minimum absolute atomic E-state index is 0.0328. The van der Waals surface area contributed by atoms with Gasteiger partial charge in [-0.1, -0.05) is 31.2 Å². The number of nitrogens with one attached hydrogen (secondary N) is 1. The zero-order valence-corrected chi connectivity index (χ0v) is 11.3. The van der Waals surface area contributed by atoms with Crippen LogP contribution in [0.3, 0.4) is 0 Å². The van der Waals surface area contributed by atoms with Crippen molar-refractivity contribution >= 4 is 5.97 Å². The third-order valence-corrected chi connectivity index (χ3v) is 3.53. The molecule has 0 aromatic heterocycles. The van der Waals surface area contributed by atoms with Crippen LogP contribution in [0, 0.1) is 0 Å². The van der Waals surface area contributed by atoms with E-state index in [4.69, 9.17) is 9.84 Å². The highest BCUT2D eigenvalue weighted by Gasteiger charge is 2.23. The van der Waals surface area contributed by atoms with Gasteiger partial charge in [-0.2, -0.15) is 0 Å². The molecular formula is C15H21NO3. The molecule has 0 radical (unpaired) electrons. The normalized spacial score (nSPS) is 19.7. The lowest BCUT2D eigenvalue weighted by Gasteiger charge is -2.27. The maximum Gasteiger partial charge on any atom is 0.323 e. The summed E-state index contributed by atoms with van der Waals surface area (Å²) in [6, 6.07) is 7.64. The van der Waals surface area contributed by atoms with Crippen molar-refractivity contribution in [3.63, 3.8) is 0 Å². The predicted octanol–water partition coefficient (Wildman–Crippen LogP) is 2.14. The number of hydrogen-bond donors (Lipinski definition) is 2. The van der Waals surface area contributed by atoms with E-state index in [2.05, 4.69) is 17.4 Å². The number of rotatable bonds is 6. The largest absolute Gasteiger partial charge is 0.480 e. The second kappa shape index (κ2) is 6.68. The molecule has 0 bridgehead atoms. The summed E-state index contributed by atoms with van der Waals surface area (Å²) in [5, 5.41) is 12.0. The van der Waals surface area contributed by atoms with Gasteiger partial charge in [0, 0.05) is 0 Å². The molecule has 0 saturated heterocycles. The van der Waals surface area contributed by atoms with Crippen molar-refractivity contribution in [2.45, 2.75) is 38.3 Å². The van der Waals surface area contributed by atoms with Crippen molar-refractivity contribution in [1.29, 1.82) is 0 Å². The number of fused-ring (bicyclic) bond motifs is 1. The molecule has 0 spiro atoms. The Morgan fingerprint density at radius 1 is 1.53 bits per heavy atom. The van der Waals surface area contributed by atoms with Crippen LogP contribution in [0.2, 0.25) is 0 Å². The molecule has 0 aliphatic heterocycles. The molecule has 4 heteroatoms. The lowest BCUT2D eigenvalue weighted by atomic mass is 9.89. The summed E-state index contributed by atoms with van der Waals surface area (Å²) in [6.07, 6.45) is 3.19. The molecule has 1 aliphatic carbocycles. The van der Waals surface area contributed by atoms with Crippen LogP contribution in [0.15, 0.2) is 24.3 Å². The minimum Gasteiger partial charge on any atom is -0.480 e. The number of ether oxygens (including phenoxy) is 1. The van der Waals surface area contributed by atoms with Gasteiger partial charge in [-0.15, -0.1) is 0 Å². The molecule has 1 aromatic carbocycles. The van der Waals surface area contributed by atoms with Crippen LogP contribution >= 0.6 is 0 Å². The maximum atomic E-state index is 11.1. The molecule has 104 valence electrons. The van der Waals surface area contributed by atoms with Crippen LogP contribution in [0.4, 0.5) is 0 Å². The van der Waals surface area contributed by atoms with E-state index in [1.165, 1.54) is 11.1 Å². The molecule has 0 amide bonds. The van der Waals surface area contributed by atoms with Crippen molar-refractivity contribution in [3.8, 4) is 0 Å². The van der Waals surface area contributed by atoms with Gasteiger partial charge in [-0.25, -0.2) is 0 Å². The second-order valence-electron chi connectivity index (χ2n) is 4.86. The standard InChI is InChI=1S/C15H21NO3/c1-2-16-13(15(17)18)10-19-14-9-5-7-11-6-3-4-8-12(11)14/h3-4,6,8,13-14,16H,2,5,7,9-10H2,1H3,(H,17,18). The third kappa shape index (κ3) is 3.55. The topological polar surface area (TPSA) is 58.6 Å². The molecule has 1 aliphatic rings. The first-order valence-electron chi connectivity index (χ1n) is 6.88.